The Morgan fingerprint density at radius 3 is 2.41 bits per heavy atom. The number of likely N-dealkylation sites (tertiary alicyclic amines) is 1. The molecule has 1 aromatic heterocycles. The van der Waals surface area contributed by atoms with Crippen LogP contribution in [0.15, 0.2) is 12.1 Å². The summed E-state index contributed by atoms with van der Waals surface area (Å²) in [5.41, 5.74) is -0.0452. The third-order valence-electron chi connectivity index (χ3n) is 7.48. The van der Waals surface area contributed by atoms with Gasteiger partial charge in [-0.3, -0.25) is 9.69 Å². The maximum absolute atomic E-state index is 13.7. The van der Waals surface area contributed by atoms with Crippen molar-refractivity contribution in [1.29, 1.82) is 0 Å². The Balaban J connectivity index is 1.45. The van der Waals surface area contributed by atoms with E-state index in [-0.39, 0.29) is 21.5 Å². The summed E-state index contributed by atoms with van der Waals surface area (Å²) in [5.74, 6) is 0.311. The van der Waals surface area contributed by atoms with Crippen molar-refractivity contribution < 1.29 is 13.9 Å². The highest BCUT2D eigenvalue weighted by Crippen LogP contribution is 2.54. The van der Waals surface area contributed by atoms with Gasteiger partial charge in [0.05, 0.1) is 17.6 Å². The van der Waals surface area contributed by atoms with Gasteiger partial charge in [-0.2, -0.15) is 4.39 Å². The van der Waals surface area contributed by atoms with Crippen molar-refractivity contribution in [1.82, 2.24) is 9.80 Å². The average Bonchev–Trinajstić information content (AvgIpc) is 3.11. The van der Waals surface area contributed by atoms with Crippen LogP contribution in [-0.2, 0) is 15.1 Å². The van der Waals surface area contributed by atoms with Crippen LogP contribution in [0.3, 0.4) is 0 Å². The van der Waals surface area contributed by atoms with E-state index in [9.17, 15) is 9.18 Å². The quantitative estimate of drug-likeness (QED) is 0.760. The van der Waals surface area contributed by atoms with Crippen molar-refractivity contribution in [3.63, 3.8) is 0 Å². The topological polar surface area (TPSA) is 32.8 Å². The van der Waals surface area contributed by atoms with Gasteiger partial charge in [-0.15, -0.1) is 11.3 Å². The van der Waals surface area contributed by atoms with Gasteiger partial charge in [-0.25, -0.2) is 0 Å². The summed E-state index contributed by atoms with van der Waals surface area (Å²) in [6.07, 6.45) is 7.31. The number of nitrogens with zero attached hydrogens (tertiary/aromatic N) is 2. The number of thiophene rings is 1. The van der Waals surface area contributed by atoms with E-state index in [1.54, 1.807) is 13.2 Å². The second-order valence-electron chi connectivity index (χ2n) is 9.22. The fourth-order valence-corrected chi connectivity index (χ4v) is 6.43. The molecule has 2 aliphatic carbocycles. The highest BCUT2D eigenvalue weighted by atomic mass is 32.1. The molecule has 6 heteroatoms. The van der Waals surface area contributed by atoms with Crippen LogP contribution in [-0.4, -0.2) is 56.6 Å². The van der Waals surface area contributed by atoms with E-state index in [0.29, 0.717) is 12.5 Å². The Bertz CT molecular complexity index is 705. The van der Waals surface area contributed by atoms with Gasteiger partial charge in [0, 0.05) is 25.1 Å². The zero-order valence-corrected chi connectivity index (χ0v) is 17.5. The molecule has 1 amide bonds. The SMILES string of the molecule is COCC1(C(=O)N2CCC3(CCC(c4ccc(F)s4)(N(C)C)CC3)C2)CC1. The lowest BCUT2D eigenvalue weighted by atomic mass is 9.66. The van der Waals surface area contributed by atoms with Crippen LogP contribution in [0.4, 0.5) is 4.39 Å². The molecule has 0 N–H and O–H groups in total. The molecule has 2 heterocycles. The van der Waals surface area contributed by atoms with Gasteiger partial charge in [0.25, 0.3) is 0 Å². The summed E-state index contributed by atoms with van der Waals surface area (Å²) in [6, 6.07) is 3.56. The largest absolute Gasteiger partial charge is 0.384 e. The Morgan fingerprint density at radius 1 is 1.19 bits per heavy atom. The van der Waals surface area contributed by atoms with Crippen LogP contribution >= 0.6 is 11.3 Å². The summed E-state index contributed by atoms with van der Waals surface area (Å²) in [7, 11) is 5.91. The van der Waals surface area contributed by atoms with E-state index in [4.69, 9.17) is 4.74 Å². The molecule has 4 rings (SSSR count). The number of hydrogen-bond donors (Lipinski definition) is 0. The maximum Gasteiger partial charge on any atom is 0.231 e. The molecular formula is C21H31FN2O2S. The highest BCUT2D eigenvalue weighted by molar-refractivity contribution is 7.10. The van der Waals surface area contributed by atoms with Crippen LogP contribution in [0.1, 0.15) is 49.8 Å². The van der Waals surface area contributed by atoms with Crippen molar-refractivity contribution in [3.8, 4) is 0 Å². The van der Waals surface area contributed by atoms with Crippen LogP contribution in [0.25, 0.3) is 0 Å². The van der Waals surface area contributed by atoms with Gasteiger partial charge in [0.1, 0.15) is 0 Å². The molecule has 4 nitrogen and oxygen atoms in total. The Morgan fingerprint density at radius 2 is 1.89 bits per heavy atom. The van der Waals surface area contributed by atoms with Crippen LogP contribution < -0.4 is 0 Å². The summed E-state index contributed by atoms with van der Waals surface area (Å²) in [4.78, 5) is 18.5. The number of amides is 1. The molecule has 150 valence electrons. The summed E-state index contributed by atoms with van der Waals surface area (Å²) >= 11 is 1.29. The average molecular weight is 395 g/mol. The van der Waals surface area contributed by atoms with Crippen molar-refractivity contribution in [3.05, 3.63) is 22.1 Å². The third-order valence-corrected chi connectivity index (χ3v) is 8.55. The molecule has 1 saturated heterocycles. The van der Waals surface area contributed by atoms with Gasteiger partial charge in [-0.05, 0) is 76.6 Å². The molecule has 1 spiro atoms. The first-order chi connectivity index (χ1) is 12.8. The fraction of sp³-hybridized carbons (Fsp3) is 0.762. The molecule has 27 heavy (non-hydrogen) atoms. The Kier molecular flexibility index (Phi) is 4.88. The minimum Gasteiger partial charge on any atom is -0.384 e. The van der Waals surface area contributed by atoms with Gasteiger partial charge in [0.2, 0.25) is 5.91 Å². The zero-order chi connectivity index (χ0) is 19.3. The smallest absolute Gasteiger partial charge is 0.231 e. The van der Waals surface area contributed by atoms with Crippen molar-refractivity contribution in [2.24, 2.45) is 10.8 Å². The molecule has 0 unspecified atom stereocenters. The molecule has 0 bridgehead atoms. The normalized spacial score (nSPS) is 32.4. The molecule has 0 atom stereocenters. The fourth-order valence-electron chi connectivity index (χ4n) is 5.37. The predicted octanol–water partition coefficient (Wildman–Crippen LogP) is 3.86. The van der Waals surface area contributed by atoms with Crippen LogP contribution in [0.5, 0.6) is 0 Å². The summed E-state index contributed by atoms with van der Waals surface area (Å²) in [5, 5.41) is -0.1000. The summed E-state index contributed by atoms with van der Waals surface area (Å²) < 4.78 is 19.0. The monoisotopic (exact) mass is 394 g/mol. The second-order valence-corrected chi connectivity index (χ2v) is 10.3. The van der Waals surface area contributed by atoms with Crippen molar-refractivity contribution >= 4 is 17.2 Å². The molecular weight excluding hydrogens is 363 g/mol. The number of methoxy groups -OCH3 is 1. The zero-order valence-electron chi connectivity index (χ0n) is 16.7. The van der Waals surface area contributed by atoms with E-state index in [0.717, 1.165) is 62.9 Å². The first-order valence-corrected chi connectivity index (χ1v) is 10.9. The van der Waals surface area contributed by atoms with E-state index in [2.05, 4.69) is 23.9 Å². The number of hydrogen-bond acceptors (Lipinski definition) is 4. The minimum absolute atomic E-state index is 0.0640. The highest BCUT2D eigenvalue weighted by Gasteiger charge is 2.55. The number of carbonyl (C=O) groups excluding carboxylic acids is 1. The first-order valence-electron chi connectivity index (χ1n) is 10.1. The molecule has 2 saturated carbocycles. The molecule has 0 radical (unpaired) electrons. The number of carbonyl (C=O) groups is 1. The molecule has 1 aliphatic heterocycles. The Hall–Kier alpha value is -0.980. The first kappa shape index (κ1) is 19.3. The van der Waals surface area contributed by atoms with Crippen molar-refractivity contribution in [2.45, 2.75) is 50.5 Å². The molecule has 0 aromatic carbocycles. The molecule has 1 aromatic rings. The van der Waals surface area contributed by atoms with E-state index < -0.39 is 0 Å². The van der Waals surface area contributed by atoms with Crippen LogP contribution in [0, 0.1) is 16.0 Å². The van der Waals surface area contributed by atoms with E-state index >= 15 is 0 Å². The lowest BCUT2D eigenvalue weighted by Crippen LogP contribution is -2.47. The van der Waals surface area contributed by atoms with Gasteiger partial charge >= 0.3 is 0 Å². The van der Waals surface area contributed by atoms with E-state index in [1.807, 2.05) is 6.07 Å². The standard InChI is InChI=1S/C21H31FN2O2S/c1-23(2)21(16-4-5-17(22)27-16)10-6-19(7-11-21)12-13-24(14-19)18(25)20(8-9-20)15-26-3/h4-5H,6-15H2,1-3H3. The second kappa shape index (κ2) is 6.82. The molecule has 3 fully saturated rings. The van der Waals surface area contributed by atoms with Gasteiger partial charge in [-0.1, -0.05) is 0 Å². The minimum atomic E-state index is -0.225. The lowest BCUT2D eigenvalue weighted by Gasteiger charge is -2.48. The van der Waals surface area contributed by atoms with Gasteiger partial charge in [0.15, 0.2) is 5.13 Å². The Labute approximate surface area is 165 Å². The molecule has 3 aliphatic rings. The number of rotatable bonds is 5. The van der Waals surface area contributed by atoms with Crippen molar-refractivity contribution in [2.75, 3.05) is 40.9 Å². The van der Waals surface area contributed by atoms with Gasteiger partial charge < -0.3 is 9.64 Å². The maximum atomic E-state index is 13.7. The number of ether oxygens (including phenoxy) is 1. The predicted molar refractivity (Wildman–Crippen MR) is 105 cm³/mol. The number of halogens is 1. The summed E-state index contributed by atoms with van der Waals surface area (Å²) in [6.45, 7) is 2.33. The lowest BCUT2D eigenvalue weighted by molar-refractivity contribution is -0.138. The third kappa shape index (κ3) is 3.23. The van der Waals surface area contributed by atoms with Crippen LogP contribution in [0.2, 0.25) is 0 Å². The van der Waals surface area contributed by atoms with E-state index in [1.165, 1.54) is 11.3 Å².